The molecular formula is C15H16O. The highest BCUT2D eigenvalue weighted by atomic mass is 16.5. The standard InChI is InChI=1S/C15H16O/c1-12(2)16-15-10-8-14(9-11-15)13-6-4-3-5-7-13/h3-12H,1-2H3. The van der Waals surface area contributed by atoms with Crippen molar-refractivity contribution in [2.45, 2.75) is 20.0 Å². The lowest BCUT2D eigenvalue weighted by molar-refractivity contribution is 0.242. The summed E-state index contributed by atoms with van der Waals surface area (Å²) in [5, 5.41) is 0. The number of rotatable bonds is 3. The van der Waals surface area contributed by atoms with E-state index in [1.807, 2.05) is 44.2 Å². The van der Waals surface area contributed by atoms with Gasteiger partial charge in [0.15, 0.2) is 0 Å². The third-order valence-electron chi connectivity index (χ3n) is 2.33. The van der Waals surface area contributed by atoms with Gasteiger partial charge in [-0.15, -0.1) is 0 Å². The fourth-order valence-corrected chi connectivity index (χ4v) is 1.63. The first-order valence-electron chi connectivity index (χ1n) is 5.58. The fourth-order valence-electron chi connectivity index (χ4n) is 1.63. The Hall–Kier alpha value is -1.76. The molecule has 0 saturated carbocycles. The summed E-state index contributed by atoms with van der Waals surface area (Å²) < 4.78 is 5.61. The quantitative estimate of drug-likeness (QED) is 0.743. The second kappa shape index (κ2) is 4.84. The van der Waals surface area contributed by atoms with Crippen LogP contribution in [0.25, 0.3) is 11.1 Å². The van der Waals surface area contributed by atoms with Crippen molar-refractivity contribution in [3.8, 4) is 16.9 Å². The Labute approximate surface area is 96.7 Å². The molecule has 2 aromatic carbocycles. The van der Waals surface area contributed by atoms with E-state index in [4.69, 9.17) is 4.74 Å². The lowest BCUT2D eigenvalue weighted by atomic mass is 10.1. The van der Waals surface area contributed by atoms with Gasteiger partial charge < -0.3 is 4.74 Å². The van der Waals surface area contributed by atoms with Crippen molar-refractivity contribution in [2.24, 2.45) is 0 Å². The molecule has 2 rings (SSSR count). The smallest absolute Gasteiger partial charge is 0.119 e. The van der Waals surface area contributed by atoms with Crippen molar-refractivity contribution in [3.63, 3.8) is 0 Å². The molecule has 0 aliphatic heterocycles. The van der Waals surface area contributed by atoms with Gasteiger partial charge in [0, 0.05) is 0 Å². The minimum absolute atomic E-state index is 0.225. The van der Waals surface area contributed by atoms with E-state index in [1.54, 1.807) is 0 Å². The maximum atomic E-state index is 5.61. The molecular weight excluding hydrogens is 196 g/mol. The largest absolute Gasteiger partial charge is 0.491 e. The highest BCUT2D eigenvalue weighted by molar-refractivity contribution is 5.63. The van der Waals surface area contributed by atoms with Gasteiger partial charge in [0.05, 0.1) is 6.10 Å². The van der Waals surface area contributed by atoms with Gasteiger partial charge in [0.1, 0.15) is 5.75 Å². The molecule has 0 aliphatic carbocycles. The first-order chi connectivity index (χ1) is 7.75. The third-order valence-corrected chi connectivity index (χ3v) is 2.33. The van der Waals surface area contributed by atoms with E-state index in [0.29, 0.717) is 0 Å². The van der Waals surface area contributed by atoms with Gasteiger partial charge >= 0.3 is 0 Å². The average Bonchev–Trinajstić information content (AvgIpc) is 2.30. The van der Waals surface area contributed by atoms with E-state index in [0.717, 1.165) is 5.75 Å². The van der Waals surface area contributed by atoms with Crippen molar-refractivity contribution < 1.29 is 4.74 Å². The van der Waals surface area contributed by atoms with Crippen LogP contribution in [0.5, 0.6) is 5.75 Å². The van der Waals surface area contributed by atoms with Crippen LogP contribution in [0.4, 0.5) is 0 Å². The lowest BCUT2D eigenvalue weighted by Crippen LogP contribution is -2.05. The number of ether oxygens (including phenoxy) is 1. The molecule has 16 heavy (non-hydrogen) atoms. The third kappa shape index (κ3) is 2.63. The molecule has 0 fully saturated rings. The first-order valence-corrected chi connectivity index (χ1v) is 5.58. The Morgan fingerprint density at radius 3 is 1.88 bits per heavy atom. The maximum Gasteiger partial charge on any atom is 0.119 e. The molecule has 82 valence electrons. The Morgan fingerprint density at radius 2 is 1.31 bits per heavy atom. The zero-order chi connectivity index (χ0) is 11.4. The molecule has 0 spiro atoms. The summed E-state index contributed by atoms with van der Waals surface area (Å²) in [5.41, 5.74) is 2.45. The summed E-state index contributed by atoms with van der Waals surface area (Å²) in [7, 11) is 0. The fraction of sp³-hybridized carbons (Fsp3) is 0.200. The normalized spacial score (nSPS) is 10.4. The monoisotopic (exact) mass is 212 g/mol. The molecule has 0 bridgehead atoms. The van der Waals surface area contributed by atoms with Crippen LogP contribution in [-0.4, -0.2) is 6.10 Å². The SMILES string of the molecule is CC(C)Oc1ccc(-c2ccccc2)cc1. The number of hydrogen-bond acceptors (Lipinski definition) is 1. The predicted molar refractivity (Wildman–Crippen MR) is 67.6 cm³/mol. The van der Waals surface area contributed by atoms with Crippen LogP contribution in [0.3, 0.4) is 0 Å². The van der Waals surface area contributed by atoms with E-state index in [2.05, 4.69) is 24.3 Å². The van der Waals surface area contributed by atoms with E-state index in [1.165, 1.54) is 11.1 Å². The van der Waals surface area contributed by atoms with Crippen molar-refractivity contribution in [2.75, 3.05) is 0 Å². The van der Waals surface area contributed by atoms with E-state index >= 15 is 0 Å². The second-order valence-electron chi connectivity index (χ2n) is 4.06. The van der Waals surface area contributed by atoms with Gasteiger partial charge in [-0.1, -0.05) is 42.5 Å². The molecule has 1 nitrogen and oxygen atoms in total. The van der Waals surface area contributed by atoms with Crippen LogP contribution < -0.4 is 4.74 Å². The van der Waals surface area contributed by atoms with Crippen molar-refractivity contribution in [1.29, 1.82) is 0 Å². The second-order valence-corrected chi connectivity index (χ2v) is 4.06. The first kappa shape index (κ1) is 10.7. The van der Waals surface area contributed by atoms with E-state index in [-0.39, 0.29) is 6.10 Å². The van der Waals surface area contributed by atoms with Crippen LogP contribution in [-0.2, 0) is 0 Å². The molecule has 0 aromatic heterocycles. The van der Waals surface area contributed by atoms with Crippen molar-refractivity contribution in [1.82, 2.24) is 0 Å². The summed E-state index contributed by atoms with van der Waals surface area (Å²) >= 11 is 0. The molecule has 0 amide bonds. The van der Waals surface area contributed by atoms with Crippen LogP contribution in [0.2, 0.25) is 0 Å². The summed E-state index contributed by atoms with van der Waals surface area (Å²) in [5.74, 6) is 0.926. The molecule has 0 radical (unpaired) electrons. The summed E-state index contributed by atoms with van der Waals surface area (Å²) in [6, 6.07) is 18.6. The highest BCUT2D eigenvalue weighted by Crippen LogP contribution is 2.22. The Kier molecular flexibility index (Phi) is 3.25. The minimum Gasteiger partial charge on any atom is -0.491 e. The molecule has 0 N–H and O–H groups in total. The zero-order valence-electron chi connectivity index (χ0n) is 9.68. The van der Waals surface area contributed by atoms with Gasteiger partial charge in [0.2, 0.25) is 0 Å². The van der Waals surface area contributed by atoms with Gasteiger partial charge in [-0.3, -0.25) is 0 Å². The highest BCUT2D eigenvalue weighted by Gasteiger charge is 1.99. The topological polar surface area (TPSA) is 9.23 Å². The minimum atomic E-state index is 0.225. The van der Waals surface area contributed by atoms with Gasteiger partial charge in [-0.05, 0) is 37.1 Å². The Balaban J connectivity index is 2.20. The Morgan fingerprint density at radius 1 is 0.750 bits per heavy atom. The summed E-state index contributed by atoms with van der Waals surface area (Å²) in [4.78, 5) is 0. The van der Waals surface area contributed by atoms with E-state index in [9.17, 15) is 0 Å². The predicted octanol–water partition coefficient (Wildman–Crippen LogP) is 4.14. The van der Waals surface area contributed by atoms with Crippen LogP contribution in [0.15, 0.2) is 54.6 Å². The molecule has 0 aliphatic rings. The zero-order valence-corrected chi connectivity index (χ0v) is 9.68. The van der Waals surface area contributed by atoms with Crippen molar-refractivity contribution in [3.05, 3.63) is 54.6 Å². The van der Waals surface area contributed by atoms with Gasteiger partial charge in [0.25, 0.3) is 0 Å². The van der Waals surface area contributed by atoms with Gasteiger partial charge in [-0.25, -0.2) is 0 Å². The maximum absolute atomic E-state index is 5.61. The molecule has 0 unspecified atom stereocenters. The van der Waals surface area contributed by atoms with E-state index < -0.39 is 0 Å². The lowest BCUT2D eigenvalue weighted by Gasteiger charge is -2.10. The molecule has 1 heteroatoms. The summed E-state index contributed by atoms with van der Waals surface area (Å²) in [6.45, 7) is 4.07. The summed E-state index contributed by atoms with van der Waals surface area (Å²) in [6.07, 6.45) is 0.225. The number of hydrogen-bond donors (Lipinski definition) is 0. The van der Waals surface area contributed by atoms with Crippen LogP contribution >= 0.6 is 0 Å². The van der Waals surface area contributed by atoms with Crippen LogP contribution in [0, 0.1) is 0 Å². The Bertz CT molecular complexity index is 429. The van der Waals surface area contributed by atoms with Crippen molar-refractivity contribution >= 4 is 0 Å². The molecule has 2 aromatic rings. The van der Waals surface area contributed by atoms with Gasteiger partial charge in [-0.2, -0.15) is 0 Å². The molecule has 0 heterocycles. The number of benzene rings is 2. The average molecular weight is 212 g/mol. The van der Waals surface area contributed by atoms with Crippen LogP contribution in [0.1, 0.15) is 13.8 Å². The molecule has 0 saturated heterocycles. The molecule has 0 atom stereocenters.